The van der Waals surface area contributed by atoms with Crippen LogP contribution in [-0.4, -0.2) is 6.04 Å². The number of benzene rings is 1. The second-order valence-electron chi connectivity index (χ2n) is 4.39. The average Bonchev–Trinajstić information content (AvgIpc) is 2.75. The molecule has 17 heavy (non-hydrogen) atoms. The van der Waals surface area contributed by atoms with Crippen molar-refractivity contribution in [2.24, 2.45) is 5.92 Å². The lowest BCUT2D eigenvalue weighted by Gasteiger charge is -2.16. The van der Waals surface area contributed by atoms with Gasteiger partial charge in [-0.1, -0.05) is 35.7 Å². The minimum atomic E-state index is 0.140. The molecule has 4 heteroatoms. The summed E-state index contributed by atoms with van der Waals surface area (Å²) >= 11 is 11.9. The van der Waals surface area contributed by atoms with Gasteiger partial charge in [0.2, 0.25) is 0 Å². The van der Waals surface area contributed by atoms with Crippen molar-refractivity contribution in [3.8, 4) is 6.07 Å². The molecule has 0 saturated heterocycles. The summed E-state index contributed by atoms with van der Waals surface area (Å²) < 4.78 is 0. The Morgan fingerprint density at radius 2 is 2.18 bits per heavy atom. The lowest BCUT2D eigenvalue weighted by atomic mass is 10.1. The van der Waals surface area contributed by atoms with Gasteiger partial charge in [0, 0.05) is 22.6 Å². The van der Waals surface area contributed by atoms with E-state index in [1.165, 1.54) is 0 Å². The van der Waals surface area contributed by atoms with Gasteiger partial charge in [0.25, 0.3) is 0 Å². The van der Waals surface area contributed by atoms with E-state index in [2.05, 4.69) is 11.4 Å². The van der Waals surface area contributed by atoms with Crippen LogP contribution < -0.4 is 5.32 Å². The smallest absolute Gasteiger partial charge is 0.0672 e. The van der Waals surface area contributed by atoms with Gasteiger partial charge in [-0.15, -0.1) is 0 Å². The van der Waals surface area contributed by atoms with Gasteiger partial charge in [-0.2, -0.15) is 5.26 Å². The number of nitrogens with zero attached hydrogens (tertiary/aromatic N) is 1. The van der Waals surface area contributed by atoms with Gasteiger partial charge in [0.1, 0.15) is 0 Å². The third kappa shape index (κ3) is 3.13. The first-order chi connectivity index (χ1) is 8.20. The first-order valence-corrected chi connectivity index (χ1v) is 6.53. The quantitative estimate of drug-likeness (QED) is 0.906. The molecule has 2 rings (SSSR count). The maximum absolute atomic E-state index is 8.99. The summed E-state index contributed by atoms with van der Waals surface area (Å²) in [5.41, 5.74) is 1.03. The molecule has 1 aliphatic rings. The highest BCUT2D eigenvalue weighted by Crippen LogP contribution is 2.26. The Bertz CT molecular complexity index is 440. The summed E-state index contributed by atoms with van der Waals surface area (Å²) in [6.07, 6.45) is 3.20. The van der Waals surface area contributed by atoms with Crippen molar-refractivity contribution in [3.63, 3.8) is 0 Å². The second-order valence-corrected chi connectivity index (χ2v) is 5.23. The van der Waals surface area contributed by atoms with Crippen molar-refractivity contribution in [1.82, 2.24) is 5.32 Å². The fourth-order valence-corrected chi connectivity index (χ4v) is 2.74. The average molecular weight is 269 g/mol. The zero-order valence-electron chi connectivity index (χ0n) is 9.42. The van der Waals surface area contributed by atoms with Crippen LogP contribution in [0, 0.1) is 17.2 Å². The molecule has 2 unspecified atom stereocenters. The van der Waals surface area contributed by atoms with Gasteiger partial charge in [0.15, 0.2) is 0 Å². The number of nitrogens with one attached hydrogen (secondary N) is 1. The van der Waals surface area contributed by atoms with Crippen LogP contribution in [0.15, 0.2) is 18.2 Å². The Kier molecular flexibility index (Phi) is 4.28. The van der Waals surface area contributed by atoms with E-state index in [0.29, 0.717) is 22.6 Å². The first-order valence-electron chi connectivity index (χ1n) is 5.77. The molecule has 0 amide bonds. The molecule has 1 aliphatic carbocycles. The van der Waals surface area contributed by atoms with E-state index < -0.39 is 0 Å². The lowest BCUT2D eigenvalue weighted by Crippen LogP contribution is -2.31. The number of hydrogen-bond donors (Lipinski definition) is 1. The molecule has 0 bridgehead atoms. The Morgan fingerprint density at radius 3 is 2.88 bits per heavy atom. The molecule has 1 aromatic rings. The number of halogens is 2. The van der Waals surface area contributed by atoms with Gasteiger partial charge in [-0.3, -0.25) is 0 Å². The Balaban J connectivity index is 1.96. The van der Waals surface area contributed by atoms with Gasteiger partial charge in [-0.05, 0) is 30.5 Å². The highest BCUT2D eigenvalue weighted by atomic mass is 35.5. The van der Waals surface area contributed by atoms with Crippen LogP contribution in [0.1, 0.15) is 24.8 Å². The summed E-state index contributed by atoms with van der Waals surface area (Å²) in [6.45, 7) is 0.693. The van der Waals surface area contributed by atoms with Crippen LogP contribution in [-0.2, 0) is 6.54 Å². The third-order valence-corrected chi connectivity index (χ3v) is 3.84. The summed E-state index contributed by atoms with van der Waals surface area (Å²) in [5.74, 6) is 0.140. The molecule has 2 nitrogen and oxygen atoms in total. The Labute approximate surface area is 112 Å². The minimum absolute atomic E-state index is 0.140. The summed E-state index contributed by atoms with van der Waals surface area (Å²) in [5, 5.41) is 13.7. The molecular weight excluding hydrogens is 255 g/mol. The van der Waals surface area contributed by atoms with Crippen LogP contribution in [0.3, 0.4) is 0 Å². The zero-order valence-corrected chi connectivity index (χ0v) is 10.9. The van der Waals surface area contributed by atoms with Crippen LogP contribution in [0.5, 0.6) is 0 Å². The summed E-state index contributed by atoms with van der Waals surface area (Å²) in [4.78, 5) is 0. The standard InChI is InChI=1S/C13H14Cl2N2/c14-11-5-4-10(12(15)6-11)8-17-13-3-1-2-9(13)7-16/h4-6,9,13,17H,1-3,8H2. The first kappa shape index (κ1) is 12.7. The number of hydrogen-bond acceptors (Lipinski definition) is 2. The lowest BCUT2D eigenvalue weighted by molar-refractivity contribution is 0.464. The Morgan fingerprint density at radius 1 is 1.35 bits per heavy atom. The topological polar surface area (TPSA) is 35.8 Å². The van der Waals surface area contributed by atoms with E-state index in [1.54, 1.807) is 6.07 Å². The van der Waals surface area contributed by atoms with Gasteiger partial charge < -0.3 is 5.32 Å². The van der Waals surface area contributed by atoms with Crippen molar-refractivity contribution in [2.45, 2.75) is 31.8 Å². The summed E-state index contributed by atoms with van der Waals surface area (Å²) in [6, 6.07) is 8.16. The van der Waals surface area contributed by atoms with E-state index in [0.717, 1.165) is 24.8 Å². The van der Waals surface area contributed by atoms with Crippen molar-refractivity contribution in [3.05, 3.63) is 33.8 Å². The van der Waals surface area contributed by atoms with Gasteiger partial charge in [-0.25, -0.2) is 0 Å². The van der Waals surface area contributed by atoms with Crippen molar-refractivity contribution in [2.75, 3.05) is 0 Å². The molecular formula is C13H14Cl2N2. The fourth-order valence-electron chi connectivity index (χ4n) is 2.26. The van der Waals surface area contributed by atoms with Crippen LogP contribution in [0.4, 0.5) is 0 Å². The molecule has 0 radical (unpaired) electrons. The fraction of sp³-hybridized carbons (Fsp3) is 0.462. The van der Waals surface area contributed by atoms with Crippen molar-refractivity contribution in [1.29, 1.82) is 5.26 Å². The van der Waals surface area contributed by atoms with Gasteiger partial charge in [0.05, 0.1) is 12.0 Å². The maximum atomic E-state index is 8.99. The molecule has 1 N–H and O–H groups in total. The number of nitriles is 1. The molecule has 0 aromatic heterocycles. The molecule has 0 spiro atoms. The van der Waals surface area contributed by atoms with E-state index >= 15 is 0 Å². The zero-order chi connectivity index (χ0) is 12.3. The van der Waals surface area contributed by atoms with E-state index in [9.17, 15) is 0 Å². The van der Waals surface area contributed by atoms with E-state index in [1.807, 2.05) is 12.1 Å². The monoisotopic (exact) mass is 268 g/mol. The summed E-state index contributed by atoms with van der Waals surface area (Å²) in [7, 11) is 0. The van der Waals surface area contributed by atoms with Crippen LogP contribution in [0.25, 0.3) is 0 Å². The largest absolute Gasteiger partial charge is 0.309 e. The predicted octanol–water partition coefficient (Wildman–Crippen LogP) is 3.78. The normalized spacial score (nSPS) is 23.6. The molecule has 1 fully saturated rings. The molecule has 0 heterocycles. The van der Waals surface area contributed by atoms with E-state index in [4.69, 9.17) is 28.5 Å². The third-order valence-electron chi connectivity index (χ3n) is 3.25. The van der Waals surface area contributed by atoms with Crippen molar-refractivity contribution < 1.29 is 0 Å². The second kappa shape index (κ2) is 5.73. The van der Waals surface area contributed by atoms with Gasteiger partial charge >= 0.3 is 0 Å². The molecule has 2 atom stereocenters. The maximum Gasteiger partial charge on any atom is 0.0672 e. The van der Waals surface area contributed by atoms with Crippen molar-refractivity contribution >= 4 is 23.2 Å². The highest BCUT2D eigenvalue weighted by molar-refractivity contribution is 6.35. The molecule has 1 aromatic carbocycles. The van der Waals surface area contributed by atoms with Crippen LogP contribution >= 0.6 is 23.2 Å². The SMILES string of the molecule is N#CC1CCCC1NCc1ccc(Cl)cc1Cl. The van der Waals surface area contributed by atoms with E-state index in [-0.39, 0.29) is 5.92 Å². The minimum Gasteiger partial charge on any atom is -0.309 e. The molecule has 1 saturated carbocycles. The predicted molar refractivity (Wildman–Crippen MR) is 70.0 cm³/mol. The number of rotatable bonds is 3. The van der Waals surface area contributed by atoms with Crippen LogP contribution in [0.2, 0.25) is 10.0 Å². The highest BCUT2D eigenvalue weighted by Gasteiger charge is 2.26. The Hall–Kier alpha value is -0.750. The molecule has 90 valence electrons. The molecule has 0 aliphatic heterocycles.